The van der Waals surface area contributed by atoms with Gasteiger partial charge in [-0.2, -0.15) is 0 Å². The molecule has 2 bridgehead atoms. The first-order valence-corrected chi connectivity index (χ1v) is 8.31. The Morgan fingerprint density at radius 3 is 2.68 bits per heavy atom. The molecule has 0 aromatic rings. The molecule has 1 amide bonds. The molecule has 1 heterocycles. The monoisotopic (exact) mass is 262 g/mol. The van der Waals surface area contributed by atoms with E-state index in [1.807, 2.05) is 0 Å². The lowest BCUT2D eigenvalue weighted by Gasteiger charge is -2.22. The highest BCUT2D eigenvalue weighted by Crippen LogP contribution is 2.48. The topological polar surface area (TPSA) is 32.3 Å². The minimum absolute atomic E-state index is 0.361. The van der Waals surface area contributed by atoms with Gasteiger partial charge in [0.15, 0.2) is 0 Å². The maximum atomic E-state index is 12.3. The van der Waals surface area contributed by atoms with Crippen LogP contribution in [0, 0.1) is 23.7 Å². The third kappa shape index (κ3) is 2.42. The lowest BCUT2D eigenvalue weighted by atomic mass is 9.88. The van der Waals surface area contributed by atoms with E-state index in [2.05, 4.69) is 10.2 Å². The first-order valence-electron chi connectivity index (χ1n) is 8.31. The summed E-state index contributed by atoms with van der Waals surface area (Å²) in [6.45, 7) is 3.41. The van der Waals surface area contributed by atoms with Crippen molar-refractivity contribution in [3.05, 3.63) is 0 Å². The van der Waals surface area contributed by atoms with E-state index >= 15 is 0 Å². The molecule has 19 heavy (non-hydrogen) atoms. The molecular formula is C16H26N2O. The van der Waals surface area contributed by atoms with E-state index in [-0.39, 0.29) is 0 Å². The van der Waals surface area contributed by atoms with Gasteiger partial charge in [0.25, 0.3) is 0 Å². The van der Waals surface area contributed by atoms with Crippen LogP contribution in [0.1, 0.15) is 44.9 Å². The van der Waals surface area contributed by atoms with Crippen LogP contribution in [0.3, 0.4) is 0 Å². The van der Waals surface area contributed by atoms with Crippen LogP contribution in [0.5, 0.6) is 0 Å². The van der Waals surface area contributed by atoms with E-state index in [0.717, 1.165) is 24.4 Å². The van der Waals surface area contributed by atoms with Gasteiger partial charge in [0.2, 0.25) is 5.91 Å². The normalized spacial score (nSPS) is 41.9. The third-order valence-corrected chi connectivity index (χ3v) is 6.02. The summed E-state index contributed by atoms with van der Waals surface area (Å²) in [4.78, 5) is 14.9. The smallest absolute Gasteiger partial charge is 0.223 e. The van der Waals surface area contributed by atoms with Gasteiger partial charge in [-0.15, -0.1) is 0 Å². The van der Waals surface area contributed by atoms with Gasteiger partial charge >= 0.3 is 0 Å². The van der Waals surface area contributed by atoms with Crippen LogP contribution in [-0.2, 0) is 4.79 Å². The predicted octanol–water partition coefficient (Wildman–Crippen LogP) is 2.02. The van der Waals surface area contributed by atoms with E-state index in [1.54, 1.807) is 0 Å². The van der Waals surface area contributed by atoms with Crippen molar-refractivity contribution in [3.8, 4) is 0 Å². The van der Waals surface area contributed by atoms with Crippen molar-refractivity contribution < 1.29 is 4.79 Å². The number of hydrogen-bond acceptors (Lipinski definition) is 2. The van der Waals surface area contributed by atoms with E-state index in [9.17, 15) is 4.79 Å². The van der Waals surface area contributed by atoms with E-state index in [4.69, 9.17) is 0 Å². The van der Waals surface area contributed by atoms with Crippen molar-refractivity contribution in [1.29, 1.82) is 0 Å². The maximum absolute atomic E-state index is 12.3. The van der Waals surface area contributed by atoms with Crippen molar-refractivity contribution in [1.82, 2.24) is 10.2 Å². The maximum Gasteiger partial charge on any atom is 0.223 e. The highest BCUT2D eigenvalue weighted by molar-refractivity contribution is 5.79. The fraction of sp³-hybridized carbons (Fsp3) is 0.938. The fourth-order valence-electron chi connectivity index (χ4n) is 4.74. The number of hydrogen-bond donors (Lipinski definition) is 1. The van der Waals surface area contributed by atoms with Gasteiger partial charge in [0.1, 0.15) is 0 Å². The van der Waals surface area contributed by atoms with Crippen LogP contribution < -0.4 is 5.32 Å². The van der Waals surface area contributed by atoms with Gasteiger partial charge in [0, 0.05) is 25.0 Å². The summed E-state index contributed by atoms with van der Waals surface area (Å²) in [5.41, 5.74) is 0. The van der Waals surface area contributed by atoms with Gasteiger partial charge < -0.3 is 10.2 Å². The molecular weight excluding hydrogens is 236 g/mol. The second-order valence-corrected chi connectivity index (χ2v) is 7.41. The zero-order chi connectivity index (χ0) is 12.8. The first kappa shape index (κ1) is 12.2. The Balaban J connectivity index is 1.23. The van der Waals surface area contributed by atoms with Crippen molar-refractivity contribution in [2.75, 3.05) is 19.6 Å². The minimum atomic E-state index is 0.361. The summed E-state index contributed by atoms with van der Waals surface area (Å²) in [6, 6.07) is 0.895. The standard InChI is InChI=1S/C16H26N2O/c19-16(15-8-11-1-2-13(15)7-11)17-9-12-5-6-18(10-12)14-3-4-14/h11-15H,1-10H2,(H,17,19). The van der Waals surface area contributed by atoms with E-state index < -0.39 is 0 Å². The minimum Gasteiger partial charge on any atom is -0.356 e. The molecule has 3 saturated carbocycles. The molecule has 0 aromatic heterocycles. The molecule has 3 aliphatic carbocycles. The fourth-order valence-corrected chi connectivity index (χ4v) is 4.74. The zero-order valence-electron chi connectivity index (χ0n) is 11.8. The molecule has 1 saturated heterocycles. The van der Waals surface area contributed by atoms with Crippen molar-refractivity contribution >= 4 is 5.91 Å². The van der Waals surface area contributed by atoms with Crippen molar-refractivity contribution in [2.45, 2.75) is 51.0 Å². The molecule has 1 N–H and O–H groups in total. The average molecular weight is 262 g/mol. The van der Waals surface area contributed by atoms with Crippen LogP contribution in [0.2, 0.25) is 0 Å². The van der Waals surface area contributed by atoms with Crippen molar-refractivity contribution in [2.24, 2.45) is 23.7 Å². The summed E-state index contributed by atoms with van der Waals surface area (Å²) < 4.78 is 0. The summed E-state index contributed by atoms with van der Waals surface area (Å²) in [5.74, 6) is 3.04. The second-order valence-electron chi connectivity index (χ2n) is 7.41. The zero-order valence-corrected chi connectivity index (χ0v) is 11.8. The molecule has 1 aliphatic heterocycles. The van der Waals surface area contributed by atoms with Crippen LogP contribution in [0.15, 0.2) is 0 Å². The van der Waals surface area contributed by atoms with Gasteiger partial charge in [-0.25, -0.2) is 0 Å². The Kier molecular flexibility index (Phi) is 3.06. The Labute approximate surface area is 116 Å². The van der Waals surface area contributed by atoms with Gasteiger partial charge in [-0.3, -0.25) is 4.79 Å². The van der Waals surface area contributed by atoms with Crippen LogP contribution in [-0.4, -0.2) is 36.5 Å². The van der Waals surface area contributed by atoms with Crippen molar-refractivity contribution in [3.63, 3.8) is 0 Å². The Morgan fingerprint density at radius 1 is 1.11 bits per heavy atom. The number of carbonyl (C=O) groups is 1. The largest absolute Gasteiger partial charge is 0.356 e. The Morgan fingerprint density at radius 2 is 2.00 bits per heavy atom. The molecule has 106 valence electrons. The molecule has 0 spiro atoms. The first-order chi connectivity index (χ1) is 9.29. The van der Waals surface area contributed by atoms with Crippen LogP contribution >= 0.6 is 0 Å². The Hall–Kier alpha value is -0.570. The molecule has 0 aromatic carbocycles. The van der Waals surface area contributed by atoms with E-state index in [0.29, 0.717) is 17.7 Å². The summed E-state index contributed by atoms with van der Waals surface area (Å²) in [5, 5.41) is 3.27. The number of likely N-dealkylation sites (tertiary alicyclic amines) is 1. The highest BCUT2D eigenvalue weighted by Gasteiger charge is 2.43. The van der Waals surface area contributed by atoms with Crippen LogP contribution in [0.4, 0.5) is 0 Å². The molecule has 4 rings (SSSR count). The van der Waals surface area contributed by atoms with E-state index in [1.165, 1.54) is 58.0 Å². The summed E-state index contributed by atoms with van der Waals surface area (Å²) in [7, 11) is 0. The summed E-state index contributed by atoms with van der Waals surface area (Å²) >= 11 is 0. The molecule has 3 heteroatoms. The SMILES string of the molecule is O=C(NCC1CCN(C2CC2)C1)C1CC2CCC1C2. The molecule has 3 nitrogen and oxygen atoms in total. The quantitative estimate of drug-likeness (QED) is 0.840. The number of rotatable bonds is 4. The molecule has 0 radical (unpaired) electrons. The van der Waals surface area contributed by atoms with Crippen LogP contribution in [0.25, 0.3) is 0 Å². The number of nitrogens with zero attached hydrogens (tertiary/aromatic N) is 1. The molecule has 4 aliphatic rings. The number of nitrogens with one attached hydrogen (secondary N) is 1. The molecule has 4 atom stereocenters. The predicted molar refractivity (Wildman–Crippen MR) is 74.6 cm³/mol. The Bertz CT molecular complexity index is 366. The van der Waals surface area contributed by atoms with Gasteiger partial charge in [-0.1, -0.05) is 6.42 Å². The third-order valence-electron chi connectivity index (χ3n) is 6.02. The highest BCUT2D eigenvalue weighted by atomic mass is 16.1. The lowest BCUT2D eigenvalue weighted by Crippen LogP contribution is -2.37. The molecule has 4 unspecified atom stereocenters. The number of amides is 1. The second kappa shape index (κ2) is 4.76. The van der Waals surface area contributed by atoms with Gasteiger partial charge in [-0.05, 0) is 62.8 Å². The van der Waals surface area contributed by atoms with Gasteiger partial charge in [0.05, 0.1) is 0 Å². The summed E-state index contributed by atoms with van der Waals surface area (Å²) in [6.07, 6.45) is 9.29. The number of fused-ring (bicyclic) bond motifs is 2. The average Bonchev–Trinajstić information content (AvgIpc) is 2.89. The number of carbonyl (C=O) groups excluding carboxylic acids is 1. The lowest BCUT2D eigenvalue weighted by molar-refractivity contribution is -0.126. The molecule has 4 fully saturated rings.